The Morgan fingerprint density at radius 3 is 2.55 bits per heavy atom. The highest BCUT2D eigenvalue weighted by Gasteiger charge is 2.50. The number of amides is 1. The Balaban J connectivity index is 1.83. The van der Waals surface area contributed by atoms with E-state index < -0.39 is 0 Å². The molecule has 1 saturated carbocycles. The summed E-state index contributed by atoms with van der Waals surface area (Å²) >= 11 is 0. The van der Waals surface area contributed by atoms with Gasteiger partial charge in [-0.2, -0.15) is 0 Å². The van der Waals surface area contributed by atoms with Gasteiger partial charge >= 0.3 is 0 Å². The van der Waals surface area contributed by atoms with E-state index in [2.05, 4.69) is 25.7 Å². The predicted octanol–water partition coefficient (Wildman–Crippen LogP) is 3.32. The molecule has 2 unspecified atom stereocenters. The zero-order valence-corrected chi connectivity index (χ0v) is 13.6. The first-order valence-electron chi connectivity index (χ1n) is 8.35. The third-order valence-corrected chi connectivity index (χ3v) is 5.08. The van der Waals surface area contributed by atoms with E-state index in [4.69, 9.17) is 5.73 Å². The molecule has 20 heavy (non-hydrogen) atoms. The lowest BCUT2D eigenvalue weighted by Crippen LogP contribution is -2.37. The highest BCUT2D eigenvalue weighted by atomic mass is 16.2. The quantitative estimate of drug-likeness (QED) is 0.759. The Morgan fingerprint density at radius 2 is 1.85 bits per heavy atom. The van der Waals surface area contributed by atoms with E-state index in [1.54, 1.807) is 0 Å². The van der Waals surface area contributed by atoms with E-state index in [9.17, 15) is 4.79 Å². The van der Waals surface area contributed by atoms with Crippen LogP contribution in [-0.2, 0) is 4.79 Å². The molecule has 2 bridgehead atoms. The number of nitrogens with two attached hydrogens (primary N) is 1. The summed E-state index contributed by atoms with van der Waals surface area (Å²) in [4.78, 5) is 14.7. The number of carbonyl (C=O) groups excluding carboxylic acids is 1. The molecule has 2 fully saturated rings. The van der Waals surface area contributed by atoms with Crippen LogP contribution in [0.4, 0.5) is 0 Å². The van der Waals surface area contributed by atoms with Crippen LogP contribution in [0, 0.1) is 10.8 Å². The van der Waals surface area contributed by atoms with Gasteiger partial charge in [0.2, 0.25) is 5.91 Å². The number of hydrogen-bond acceptors (Lipinski definition) is 2. The van der Waals surface area contributed by atoms with Crippen LogP contribution in [-0.4, -0.2) is 29.9 Å². The van der Waals surface area contributed by atoms with Crippen LogP contribution in [0.15, 0.2) is 0 Å². The van der Waals surface area contributed by atoms with Crippen molar-refractivity contribution < 1.29 is 4.79 Å². The number of hydrogen-bond donors (Lipinski definition) is 1. The van der Waals surface area contributed by atoms with Crippen LogP contribution in [0.3, 0.4) is 0 Å². The van der Waals surface area contributed by atoms with Crippen LogP contribution in [0.1, 0.15) is 72.1 Å². The zero-order valence-electron chi connectivity index (χ0n) is 13.6. The molecule has 0 aromatic rings. The Hall–Kier alpha value is -0.570. The summed E-state index contributed by atoms with van der Waals surface area (Å²) in [5.41, 5.74) is 6.25. The van der Waals surface area contributed by atoms with Gasteiger partial charge in [-0.05, 0) is 49.5 Å². The van der Waals surface area contributed by atoms with Gasteiger partial charge in [-0.3, -0.25) is 4.79 Å². The van der Waals surface area contributed by atoms with E-state index >= 15 is 0 Å². The molecule has 2 aliphatic rings. The fourth-order valence-electron chi connectivity index (χ4n) is 4.67. The first-order valence-corrected chi connectivity index (χ1v) is 8.35. The van der Waals surface area contributed by atoms with Gasteiger partial charge in [0.1, 0.15) is 0 Å². The molecule has 1 aliphatic carbocycles. The molecule has 0 aromatic heterocycles. The summed E-state index contributed by atoms with van der Waals surface area (Å²) in [6.45, 7) is 8.85. The lowest BCUT2D eigenvalue weighted by molar-refractivity contribution is -0.132. The molecule has 2 atom stereocenters. The number of likely N-dealkylation sites (tertiary alicyclic amines) is 1. The van der Waals surface area contributed by atoms with Gasteiger partial charge in [-0.1, -0.05) is 33.6 Å². The highest BCUT2D eigenvalue weighted by Crippen LogP contribution is 2.52. The zero-order chi connectivity index (χ0) is 14.8. The first-order chi connectivity index (χ1) is 9.35. The van der Waals surface area contributed by atoms with Crippen molar-refractivity contribution in [3.05, 3.63) is 0 Å². The van der Waals surface area contributed by atoms with E-state index in [1.165, 1.54) is 19.3 Å². The minimum atomic E-state index is 0.363. The van der Waals surface area contributed by atoms with Crippen molar-refractivity contribution in [2.45, 2.75) is 78.2 Å². The van der Waals surface area contributed by atoms with E-state index in [-0.39, 0.29) is 0 Å². The maximum absolute atomic E-state index is 12.5. The van der Waals surface area contributed by atoms with Crippen LogP contribution in [0.2, 0.25) is 0 Å². The van der Waals surface area contributed by atoms with Crippen molar-refractivity contribution in [1.82, 2.24) is 4.90 Å². The third kappa shape index (κ3) is 3.75. The average molecular weight is 280 g/mol. The second-order valence-corrected chi connectivity index (χ2v) is 8.19. The molecule has 116 valence electrons. The molecular weight excluding hydrogens is 248 g/mol. The standard InChI is InChI=1S/C17H32N2O/c1-16(2)10-14-11-17(3,12-16)13-19(14)15(20)8-6-4-5-7-9-18/h14H,4-13,18H2,1-3H3. The summed E-state index contributed by atoms with van der Waals surface area (Å²) in [5, 5.41) is 0. The molecule has 0 radical (unpaired) electrons. The minimum Gasteiger partial charge on any atom is -0.339 e. The summed E-state index contributed by atoms with van der Waals surface area (Å²) in [7, 11) is 0. The molecule has 3 nitrogen and oxygen atoms in total. The fourth-order valence-corrected chi connectivity index (χ4v) is 4.67. The minimum absolute atomic E-state index is 0.363. The molecule has 1 amide bonds. The van der Waals surface area contributed by atoms with Crippen molar-refractivity contribution in [3.8, 4) is 0 Å². The van der Waals surface area contributed by atoms with Crippen LogP contribution in [0.25, 0.3) is 0 Å². The molecule has 0 spiro atoms. The van der Waals surface area contributed by atoms with Gasteiger partial charge in [0.05, 0.1) is 0 Å². The van der Waals surface area contributed by atoms with Gasteiger partial charge < -0.3 is 10.6 Å². The highest BCUT2D eigenvalue weighted by molar-refractivity contribution is 5.77. The Bertz CT molecular complexity index is 353. The van der Waals surface area contributed by atoms with Crippen molar-refractivity contribution in [1.29, 1.82) is 0 Å². The monoisotopic (exact) mass is 280 g/mol. The Kier molecular flexibility index (Phi) is 4.78. The average Bonchev–Trinajstić information content (AvgIpc) is 2.58. The van der Waals surface area contributed by atoms with Crippen molar-refractivity contribution in [2.75, 3.05) is 13.1 Å². The summed E-state index contributed by atoms with van der Waals surface area (Å²) in [6, 6.07) is 0.500. The lowest BCUT2D eigenvalue weighted by atomic mass is 9.65. The first kappa shape index (κ1) is 15.8. The molecule has 2 N–H and O–H groups in total. The molecular formula is C17H32N2O. The molecule has 1 saturated heterocycles. The van der Waals surface area contributed by atoms with Gasteiger partial charge in [-0.25, -0.2) is 0 Å². The lowest BCUT2D eigenvalue weighted by Gasteiger charge is -2.39. The second-order valence-electron chi connectivity index (χ2n) is 8.19. The van der Waals surface area contributed by atoms with Gasteiger partial charge in [0, 0.05) is 19.0 Å². The third-order valence-electron chi connectivity index (χ3n) is 5.08. The molecule has 1 heterocycles. The maximum atomic E-state index is 12.5. The van der Waals surface area contributed by atoms with Crippen molar-refractivity contribution in [3.63, 3.8) is 0 Å². The SMILES string of the molecule is CC1(C)CC2CC(C)(CN2C(=O)CCCCCCN)C1. The number of carbonyl (C=O) groups is 1. The van der Waals surface area contributed by atoms with Crippen LogP contribution in [0.5, 0.6) is 0 Å². The largest absolute Gasteiger partial charge is 0.339 e. The second kappa shape index (κ2) is 6.05. The van der Waals surface area contributed by atoms with Gasteiger partial charge in [0.25, 0.3) is 0 Å². The predicted molar refractivity (Wildman–Crippen MR) is 83.4 cm³/mol. The fraction of sp³-hybridized carbons (Fsp3) is 0.941. The number of unbranched alkanes of at least 4 members (excludes halogenated alkanes) is 3. The van der Waals surface area contributed by atoms with Gasteiger partial charge in [-0.15, -0.1) is 0 Å². The molecule has 1 aliphatic heterocycles. The van der Waals surface area contributed by atoms with Crippen LogP contribution < -0.4 is 5.73 Å². The molecule has 2 rings (SSSR count). The van der Waals surface area contributed by atoms with E-state index in [0.29, 0.717) is 22.8 Å². The summed E-state index contributed by atoms with van der Waals surface area (Å²) in [5.74, 6) is 0.393. The maximum Gasteiger partial charge on any atom is 0.222 e. The molecule has 3 heteroatoms. The number of nitrogens with zero attached hydrogens (tertiary/aromatic N) is 1. The van der Waals surface area contributed by atoms with E-state index in [0.717, 1.165) is 45.2 Å². The van der Waals surface area contributed by atoms with Crippen LogP contribution >= 0.6 is 0 Å². The summed E-state index contributed by atoms with van der Waals surface area (Å²) in [6.07, 6.45) is 8.82. The number of rotatable bonds is 6. The Labute approximate surface area is 124 Å². The van der Waals surface area contributed by atoms with Crippen molar-refractivity contribution in [2.24, 2.45) is 16.6 Å². The number of fused-ring (bicyclic) bond motifs is 2. The normalized spacial score (nSPS) is 31.6. The van der Waals surface area contributed by atoms with Gasteiger partial charge in [0.15, 0.2) is 0 Å². The smallest absolute Gasteiger partial charge is 0.222 e. The Morgan fingerprint density at radius 1 is 1.15 bits per heavy atom. The summed E-state index contributed by atoms with van der Waals surface area (Å²) < 4.78 is 0. The molecule has 0 aromatic carbocycles. The van der Waals surface area contributed by atoms with Crippen molar-refractivity contribution >= 4 is 5.91 Å². The topological polar surface area (TPSA) is 46.3 Å². The van der Waals surface area contributed by atoms with E-state index in [1.807, 2.05) is 0 Å².